The zero-order chi connectivity index (χ0) is 18.4. The van der Waals surface area contributed by atoms with Gasteiger partial charge in [-0.1, -0.05) is 35.9 Å². The van der Waals surface area contributed by atoms with E-state index in [9.17, 15) is 9.59 Å². The Labute approximate surface area is 151 Å². The Balaban J connectivity index is 2.12. The summed E-state index contributed by atoms with van der Waals surface area (Å²) in [7, 11) is 0. The SMILES string of the molecule is CCOc1c(Cl)cccc1CC(=O)Nc1cccc(C(C)C(=O)O)c1. The van der Waals surface area contributed by atoms with Gasteiger partial charge in [0.2, 0.25) is 5.91 Å². The molecule has 5 nitrogen and oxygen atoms in total. The summed E-state index contributed by atoms with van der Waals surface area (Å²) < 4.78 is 5.52. The molecule has 2 aromatic carbocycles. The van der Waals surface area contributed by atoms with Crippen LogP contribution in [0, 0.1) is 0 Å². The minimum atomic E-state index is -0.913. The molecule has 1 atom stereocenters. The lowest BCUT2D eigenvalue weighted by Gasteiger charge is -2.13. The number of carbonyl (C=O) groups is 2. The van der Waals surface area contributed by atoms with E-state index < -0.39 is 11.9 Å². The fourth-order valence-electron chi connectivity index (χ4n) is 2.41. The van der Waals surface area contributed by atoms with Gasteiger partial charge in [-0.3, -0.25) is 9.59 Å². The van der Waals surface area contributed by atoms with Gasteiger partial charge in [-0.05, 0) is 37.6 Å². The van der Waals surface area contributed by atoms with Gasteiger partial charge >= 0.3 is 5.97 Å². The quantitative estimate of drug-likeness (QED) is 0.778. The molecule has 2 rings (SSSR count). The summed E-state index contributed by atoms with van der Waals surface area (Å²) in [6, 6.07) is 12.1. The van der Waals surface area contributed by atoms with Crippen molar-refractivity contribution in [3.63, 3.8) is 0 Å². The van der Waals surface area contributed by atoms with Crippen molar-refractivity contribution < 1.29 is 19.4 Å². The minimum absolute atomic E-state index is 0.106. The first kappa shape index (κ1) is 18.8. The molecular weight excluding hydrogens is 342 g/mol. The average Bonchev–Trinajstić information content (AvgIpc) is 2.57. The number of amides is 1. The molecule has 0 aliphatic carbocycles. The number of hydrogen-bond acceptors (Lipinski definition) is 3. The van der Waals surface area contributed by atoms with E-state index in [0.717, 1.165) is 0 Å². The Kier molecular flexibility index (Phi) is 6.42. The summed E-state index contributed by atoms with van der Waals surface area (Å²) in [5, 5.41) is 12.3. The van der Waals surface area contributed by atoms with Gasteiger partial charge < -0.3 is 15.2 Å². The van der Waals surface area contributed by atoms with Crippen LogP contribution in [-0.2, 0) is 16.0 Å². The Morgan fingerprint density at radius 1 is 1.24 bits per heavy atom. The predicted octanol–water partition coefficient (Wildman–Crippen LogP) is 4.11. The summed E-state index contributed by atoms with van der Waals surface area (Å²) in [6.07, 6.45) is 0.106. The van der Waals surface area contributed by atoms with Crippen LogP contribution in [0.25, 0.3) is 0 Å². The molecule has 0 heterocycles. The normalized spacial score (nSPS) is 11.6. The number of rotatable bonds is 7. The van der Waals surface area contributed by atoms with Gasteiger partial charge in [-0.25, -0.2) is 0 Å². The van der Waals surface area contributed by atoms with Crippen molar-refractivity contribution in [2.45, 2.75) is 26.2 Å². The average molecular weight is 362 g/mol. The maximum atomic E-state index is 12.3. The molecule has 0 fully saturated rings. The van der Waals surface area contributed by atoms with Crippen LogP contribution in [0.1, 0.15) is 30.9 Å². The molecule has 0 aliphatic heterocycles. The van der Waals surface area contributed by atoms with E-state index in [0.29, 0.717) is 34.2 Å². The number of carboxylic acids is 1. The number of carboxylic acid groups (broad SMARTS) is 1. The molecule has 6 heteroatoms. The van der Waals surface area contributed by atoms with E-state index in [2.05, 4.69) is 5.32 Å². The minimum Gasteiger partial charge on any atom is -0.492 e. The van der Waals surface area contributed by atoms with E-state index in [1.807, 2.05) is 6.92 Å². The van der Waals surface area contributed by atoms with Gasteiger partial charge in [0.15, 0.2) is 0 Å². The third-order valence-electron chi connectivity index (χ3n) is 3.73. The zero-order valence-corrected chi connectivity index (χ0v) is 14.8. The first-order valence-electron chi connectivity index (χ1n) is 7.95. The highest BCUT2D eigenvalue weighted by Gasteiger charge is 2.15. The monoisotopic (exact) mass is 361 g/mol. The van der Waals surface area contributed by atoms with Crippen molar-refractivity contribution in [3.8, 4) is 5.75 Å². The smallest absolute Gasteiger partial charge is 0.310 e. The van der Waals surface area contributed by atoms with Crippen molar-refractivity contribution >= 4 is 29.2 Å². The molecule has 0 aromatic heterocycles. The number of anilines is 1. The van der Waals surface area contributed by atoms with Crippen LogP contribution in [0.4, 0.5) is 5.69 Å². The predicted molar refractivity (Wildman–Crippen MR) is 97.4 cm³/mol. The number of hydrogen-bond donors (Lipinski definition) is 2. The van der Waals surface area contributed by atoms with Crippen LogP contribution in [0.2, 0.25) is 5.02 Å². The summed E-state index contributed by atoms with van der Waals surface area (Å²) in [5.41, 5.74) is 1.88. The first-order valence-corrected chi connectivity index (χ1v) is 8.33. The van der Waals surface area contributed by atoms with Gasteiger partial charge in [-0.2, -0.15) is 0 Å². The third-order valence-corrected chi connectivity index (χ3v) is 4.03. The highest BCUT2D eigenvalue weighted by Crippen LogP contribution is 2.29. The molecule has 0 aliphatic rings. The summed E-state index contributed by atoms with van der Waals surface area (Å²) in [5.74, 6) is -1.28. The van der Waals surface area contributed by atoms with Gasteiger partial charge in [0, 0.05) is 11.3 Å². The Morgan fingerprint density at radius 2 is 1.96 bits per heavy atom. The second-order valence-corrected chi connectivity index (χ2v) is 5.98. The van der Waals surface area contributed by atoms with Crippen LogP contribution in [0.15, 0.2) is 42.5 Å². The molecule has 2 N–H and O–H groups in total. The van der Waals surface area contributed by atoms with Gasteiger partial charge in [-0.15, -0.1) is 0 Å². The maximum absolute atomic E-state index is 12.3. The highest BCUT2D eigenvalue weighted by molar-refractivity contribution is 6.32. The largest absolute Gasteiger partial charge is 0.492 e. The molecule has 1 unspecified atom stereocenters. The van der Waals surface area contributed by atoms with E-state index in [4.69, 9.17) is 21.4 Å². The van der Waals surface area contributed by atoms with Gasteiger partial charge in [0.05, 0.1) is 24.0 Å². The Bertz CT molecular complexity index is 776. The van der Waals surface area contributed by atoms with Crippen LogP contribution < -0.4 is 10.1 Å². The molecule has 132 valence electrons. The van der Waals surface area contributed by atoms with Crippen molar-refractivity contribution in [3.05, 3.63) is 58.6 Å². The lowest BCUT2D eigenvalue weighted by molar-refractivity contribution is -0.138. The highest BCUT2D eigenvalue weighted by atomic mass is 35.5. The lowest BCUT2D eigenvalue weighted by Crippen LogP contribution is -2.16. The van der Waals surface area contributed by atoms with Crippen molar-refractivity contribution in [2.24, 2.45) is 0 Å². The molecule has 25 heavy (non-hydrogen) atoms. The van der Waals surface area contributed by atoms with E-state index in [1.54, 1.807) is 49.4 Å². The van der Waals surface area contributed by atoms with E-state index >= 15 is 0 Å². The third kappa shape index (κ3) is 4.97. The van der Waals surface area contributed by atoms with Gasteiger partial charge in [0.25, 0.3) is 0 Å². The zero-order valence-electron chi connectivity index (χ0n) is 14.1. The first-order chi connectivity index (χ1) is 11.9. The van der Waals surface area contributed by atoms with Gasteiger partial charge in [0.1, 0.15) is 5.75 Å². The van der Waals surface area contributed by atoms with Crippen LogP contribution in [0.3, 0.4) is 0 Å². The molecule has 0 saturated heterocycles. The molecule has 0 spiro atoms. The maximum Gasteiger partial charge on any atom is 0.310 e. The fraction of sp³-hybridized carbons (Fsp3) is 0.263. The number of para-hydroxylation sites is 1. The second-order valence-electron chi connectivity index (χ2n) is 5.57. The fourth-order valence-corrected chi connectivity index (χ4v) is 2.65. The molecule has 0 saturated carbocycles. The van der Waals surface area contributed by atoms with Crippen molar-refractivity contribution in [1.82, 2.24) is 0 Å². The lowest BCUT2D eigenvalue weighted by atomic mass is 10.0. The number of ether oxygens (including phenoxy) is 1. The second kappa shape index (κ2) is 8.53. The van der Waals surface area contributed by atoms with E-state index in [-0.39, 0.29) is 12.3 Å². The standard InChI is InChI=1S/C19H20ClNO4/c1-3-25-18-14(7-5-9-16(18)20)11-17(22)21-15-8-4-6-13(10-15)12(2)19(23)24/h4-10,12H,3,11H2,1-2H3,(H,21,22)(H,23,24). The molecule has 2 aromatic rings. The van der Waals surface area contributed by atoms with Crippen LogP contribution >= 0.6 is 11.6 Å². The number of nitrogens with one attached hydrogen (secondary N) is 1. The summed E-state index contributed by atoms with van der Waals surface area (Å²) >= 11 is 6.12. The summed E-state index contributed by atoms with van der Waals surface area (Å²) in [4.78, 5) is 23.4. The van der Waals surface area contributed by atoms with E-state index in [1.165, 1.54) is 0 Å². The molecule has 1 amide bonds. The number of benzene rings is 2. The van der Waals surface area contributed by atoms with Crippen LogP contribution in [-0.4, -0.2) is 23.6 Å². The van der Waals surface area contributed by atoms with Crippen LogP contribution in [0.5, 0.6) is 5.75 Å². The topological polar surface area (TPSA) is 75.6 Å². The molecule has 0 radical (unpaired) electrons. The number of aliphatic carboxylic acids is 1. The molecular formula is C19H20ClNO4. The van der Waals surface area contributed by atoms with Crippen molar-refractivity contribution in [1.29, 1.82) is 0 Å². The Hall–Kier alpha value is -2.53. The van der Waals surface area contributed by atoms with Crippen molar-refractivity contribution in [2.75, 3.05) is 11.9 Å². The Morgan fingerprint density at radius 3 is 2.64 bits per heavy atom. The molecule has 0 bridgehead atoms. The number of carbonyl (C=O) groups excluding carboxylic acids is 1. The number of halogens is 1. The summed E-state index contributed by atoms with van der Waals surface area (Å²) in [6.45, 7) is 3.90.